The zero-order chi connectivity index (χ0) is 14.0. The van der Waals surface area contributed by atoms with Crippen molar-refractivity contribution >= 4 is 5.78 Å². The molecule has 1 heteroatoms. The van der Waals surface area contributed by atoms with Crippen LogP contribution in [0.25, 0.3) is 0 Å². The molecule has 2 aliphatic carbocycles. The minimum Gasteiger partial charge on any atom is -0.299 e. The molecule has 2 aliphatic rings. The lowest BCUT2D eigenvalue weighted by Gasteiger charge is -2.48. The van der Waals surface area contributed by atoms with E-state index in [1.165, 1.54) is 50.5 Å². The van der Waals surface area contributed by atoms with Gasteiger partial charge in [0.25, 0.3) is 0 Å². The van der Waals surface area contributed by atoms with E-state index >= 15 is 0 Å². The second-order valence-corrected chi connectivity index (χ2v) is 6.62. The molecule has 1 nitrogen and oxygen atoms in total. The Morgan fingerprint density at radius 1 is 1.00 bits per heavy atom. The topological polar surface area (TPSA) is 17.1 Å². The maximum atomic E-state index is 13.1. The highest BCUT2D eigenvalue weighted by Crippen LogP contribution is 2.54. The Morgan fingerprint density at radius 2 is 1.55 bits per heavy atom. The van der Waals surface area contributed by atoms with Crippen LogP contribution in [0.3, 0.4) is 0 Å². The fourth-order valence-corrected chi connectivity index (χ4v) is 4.67. The highest BCUT2D eigenvalue weighted by atomic mass is 16.1. The van der Waals surface area contributed by atoms with Gasteiger partial charge in [0, 0.05) is 6.42 Å². The molecule has 108 valence electrons. The Balaban J connectivity index is 2.09. The molecule has 0 N–H and O–H groups in total. The predicted molar refractivity (Wildman–Crippen MR) is 82.7 cm³/mol. The third kappa shape index (κ3) is 2.03. The van der Waals surface area contributed by atoms with E-state index in [0.29, 0.717) is 24.0 Å². The van der Waals surface area contributed by atoms with Gasteiger partial charge in [-0.25, -0.2) is 0 Å². The Bertz CT molecular complexity index is 454. The first-order valence-corrected chi connectivity index (χ1v) is 8.39. The average Bonchev–Trinajstić information content (AvgIpc) is 2.97. The van der Waals surface area contributed by atoms with Crippen molar-refractivity contribution < 1.29 is 4.79 Å². The highest BCUT2D eigenvalue weighted by Gasteiger charge is 2.53. The van der Waals surface area contributed by atoms with Crippen LogP contribution in [0.4, 0.5) is 0 Å². The number of hydrogen-bond donors (Lipinski definition) is 0. The summed E-state index contributed by atoms with van der Waals surface area (Å²) < 4.78 is 0. The van der Waals surface area contributed by atoms with Gasteiger partial charge in [0.05, 0.1) is 5.41 Å². The quantitative estimate of drug-likeness (QED) is 0.744. The number of carbonyl (C=O) groups is 1. The fourth-order valence-electron chi connectivity index (χ4n) is 4.67. The van der Waals surface area contributed by atoms with Gasteiger partial charge >= 0.3 is 0 Å². The molecule has 0 aliphatic heterocycles. The maximum absolute atomic E-state index is 13.1. The smallest absolute Gasteiger partial charge is 0.143 e. The zero-order valence-electron chi connectivity index (χ0n) is 12.6. The van der Waals surface area contributed by atoms with E-state index in [1.807, 2.05) is 6.92 Å². The first-order chi connectivity index (χ1) is 9.80. The summed E-state index contributed by atoms with van der Waals surface area (Å²) in [5.41, 5.74) is 1.15. The van der Waals surface area contributed by atoms with Crippen LogP contribution in [-0.4, -0.2) is 5.78 Å². The minimum absolute atomic E-state index is 0.162. The molecule has 0 saturated heterocycles. The van der Waals surface area contributed by atoms with Gasteiger partial charge in [-0.05, 0) is 43.1 Å². The van der Waals surface area contributed by atoms with Crippen LogP contribution in [0.1, 0.15) is 63.9 Å². The third-order valence-electron chi connectivity index (χ3n) is 5.78. The number of ketones is 1. The number of hydrogen-bond acceptors (Lipinski definition) is 1. The lowest BCUT2D eigenvalue weighted by molar-refractivity contribution is -0.131. The summed E-state index contributed by atoms with van der Waals surface area (Å²) in [6.45, 7) is 2.05. The summed E-state index contributed by atoms with van der Waals surface area (Å²) in [6, 6.07) is 10.7. The van der Waals surface area contributed by atoms with E-state index in [0.717, 1.165) is 0 Å². The molecule has 2 saturated carbocycles. The molecule has 0 radical (unpaired) electrons. The second kappa shape index (κ2) is 5.71. The van der Waals surface area contributed by atoms with Gasteiger partial charge < -0.3 is 0 Å². The van der Waals surface area contributed by atoms with Crippen LogP contribution in [-0.2, 0) is 10.2 Å². The van der Waals surface area contributed by atoms with Gasteiger partial charge in [0.1, 0.15) is 5.78 Å². The van der Waals surface area contributed by atoms with Crippen LogP contribution in [0, 0.1) is 11.8 Å². The molecule has 2 fully saturated rings. The summed E-state index contributed by atoms with van der Waals surface area (Å²) in [5, 5.41) is 0. The standard InChI is InChI=1S/C19H26O/c1-2-18(20)19(17-13-8-14-17,16-11-6-7-12-16)15-9-4-3-5-10-15/h3-5,9-10,16-17H,2,6-8,11-14H2,1H3. The SMILES string of the molecule is CCC(=O)C(c1ccccc1)(C1CCCC1)C1CCC1. The van der Waals surface area contributed by atoms with Crippen LogP contribution < -0.4 is 0 Å². The molecule has 1 atom stereocenters. The van der Waals surface area contributed by atoms with Gasteiger partial charge in [-0.15, -0.1) is 0 Å². The normalized spacial score (nSPS) is 23.2. The first kappa shape index (κ1) is 13.9. The van der Waals surface area contributed by atoms with Crippen molar-refractivity contribution in [2.75, 3.05) is 0 Å². The zero-order valence-corrected chi connectivity index (χ0v) is 12.6. The number of Topliss-reactive ketones (excluding diaryl/α,β-unsaturated/α-hetero) is 1. The molecule has 0 aromatic heterocycles. The van der Waals surface area contributed by atoms with Crippen molar-refractivity contribution in [2.45, 2.75) is 63.7 Å². The third-order valence-corrected chi connectivity index (χ3v) is 5.78. The lowest BCUT2D eigenvalue weighted by atomic mass is 9.53. The van der Waals surface area contributed by atoms with Crippen LogP contribution >= 0.6 is 0 Å². The van der Waals surface area contributed by atoms with Gasteiger partial charge in [-0.2, -0.15) is 0 Å². The molecular weight excluding hydrogens is 244 g/mol. The second-order valence-electron chi connectivity index (χ2n) is 6.62. The van der Waals surface area contributed by atoms with Crippen molar-refractivity contribution in [1.82, 2.24) is 0 Å². The monoisotopic (exact) mass is 270 g/mol. The number of carbonyl (C=O) groups excluding carboxylic acids is 1. The molecule has 1 aromatic rings. The average molecular weight is 270 g/mol. The molecule has 0 heterocycles. The van der Waals surface area contributed by atoms with Crippen molar-refractivity contribution in [3.63, 3.8) is 0 Å². The summed E-state index contributed by atoms with van der Waals surface area (Å²) >= 11 is 0. The molecule has 0 amide bonds. The summed E-state index contributed by atoms with van der Waals surface area (Å²) in [6.07, 6.45) is 9.60. The summed E-state index contributed by atoms with van der Waals surface area (Å²) in [7, 11) is 0. The molecular formula is C19H26O. The Labute approximate surface area is 122 Å². The van der Waals surface area contributed by atoms with Crippen LogP contribution in [0.5, 0.6) is 0 Å². The van der Waals surface area contributed by atoms with Crippen molar-refractivity contribution in [2.24, 2.45) is 11.8 Å². The molecule has 20 heavy (non-hydrogen) atoms. The van der Waals surface area contributed by atoms with E-state index in [2.05, 4.69) is 30.3 Å². The van der Waals surface area contributed by atoms with Gasteiger partial charge in [-0.3, -0.25) is 4.79 Å². The van der Waals surface area contributed by atoms with E-state index in [-0.39, 0.29) is 5.41 Å². The van der Waals surface area contributed by atoms with Gasteiger partial charge in [-0.1, -0.05) is 56.5 Å². The van der Waals surface area contributed by atoms with Crippen LogP contribution in [0.15, 0.2) is 30.3 Å². The highest BCUT2D eigenvalue weighted by molar-refractivity contribution is 5.91. The van der Waals surface area contributed by atoms with Crippen molar-refractivity contribution in [3.8, 4) is 0 Å². The van der Waals surface area contributed by atoms with E-state index in [4.69, 9.17) is 0 Å². The molecule has 0 bridgehead atoms. The van der Waals surface area contributed by atoms with Gasteiger partial charge in [0.15, 0.2) is 0 Å². The Hall–Kier alpha value is -1.11. The lowest BCUT2D eigenvalue weighted by Crippen LogP contribution is -2.50. The van der Waals surface area contributed by atoms with Crippen LogP contribution in [0.2, 0.25) is 0 Å². The molecule has 1 unspecified atom stereocenters. The minimum atomic E-state index is -0.162. The van der Waals surface area contributed by atoms with Crippen molar-refractivity contribution in [1.29, 1.82) is 0 Å². The maximum Gasteiger partial charge on any atom is 0.143 e. The first-order valence-electron chi connectivity index (χ1n) is 8.39. The number of benzene rings is 1. The van der Waals surface area contributed by atoms with Gasteiger partial charge in [0.2, 0.25) is 0 Å². The number of rotatable bonds is 5. The summed E-state index contributed by atoms with van der Waals surface area (Å²) in [4.78, 5) is 13.1. The molecule has 1 aromatic carbocycles. The van der Waals surface area contributed by atoms with E-state index in [9.17, 15) is 4.79 Å². The Kier molecular flexibility index (Phi) is 3.96. The molecule has 3 rings (SSSR count). The van der Waals surface area contributed by atoms with Crippen molar-refractivity contribution in [3.05, 3.63) is 35.9 Å². The molecule has 0 spiro atoms. The van der Waals surface area contributed by atoms with E-state index < -0.39 is 0 Å². The largest absolute Gasteiger partial charge is 0.299 e. The van der Waals surface area contributed by atoms with E-state index in [1.54, 1.807) is 0 Å². The summed E-state index contributed by atoms with van der Waals surface area (Å²) in [5.74, 6) is 1.68. The predicted octanol–water partition coefficient (Wildman–Crippen LogP) is 4.89. The fraction of sp³-hybridized carbons (Fsp3) is 0.632. The Morgan fingerprint density at radius 3 is 2.00 bits per heavy atom.